The van der Waals surface area contributed by atoms with Crippen molar-refractivity contribution in [1.29, 1.82) is 0 Å². The van der Waals surface area contributed by atoms with Crippen molar-refractivity contribution in [3.63, 3.8) is 0 Å². The minimum Gasteiger partial charge on any atom is -0.384 e. The molecular formula is C14H18F5NOS. The first-order valence-electron chi connectivity index (χ1n) is 6.54. The molecule has 0 aromatic heterocycles. The second-order valence-corrected chi connectivity index (χ2v) is 7.49. The van der Waals surface area contributed by atoms with Gasteiger partial charge in [0.15, 0.2) is 17.7 Å². The predicted molar refractivity (Wildman–Crippen MR) is 76.3 cm³/mol. The molecule has 126 valence electrons. The molecule has 2 nitrogen and oxygen atoms in total. The van der Waals surface area contributed by atoms with Gasteiger partial charge < -0.3 is 5.11 Å². The van der Waals surface area contributed by atoms with Crippen molar-refractivity contribution >= 4 is 11.9 Å². The van der Waals surface area contributed by atoms with Crippen molar-refractivity contribution in [2.24, 2.45) is 0 Å². The number of nitrogens with one attached hydrogen (secondary N) is 1. The number of benzene rings is 1. The van der Waals surface area contributed by atoms with Crippen LogP contribution in [0.15, 0.2) is 18.2 Å². The summed E-state index contributed by atoms with van der Waals surface area (Å²) in [6.45, 7) is 5.43. The lowest BCUT2D eigenvalue weighted by Crippen LogP contribution is -2.34. The van der Waals surface area contributed by atoms with Gasteiger partial charge in [0.25, 0.3) is 0 Å². The molecule has 0 bridgehead atoms. The highest BCUT2D eigenvalue weighted by atomic mass is 32.2. The van der Waals surface area contributed by atoms with E-state index in [1.807, 2.05) is 20.8 Å². The van der Waals surface area contributed by atoms with E-state index >= 15 is 0 Å². The average Bonchev–Trinajstić information content (AvgIpc) is 2.35. The van der Waals surface area contributed by atoms with Crippen LogP contribution in [-0.4, -0.2) is 22.1 Å². The molecular weight excluding hydrogens is 325 g/mol. The van der Waals surface area contributed by atoms with E-state index in [-0.39, 0.29) is 10.3 Å². The first-order chi connectivity index (χ1) is 9.92. The molecule has 0 heterocycles. The predicted octanol–water partition coefficient (Wildman–Crippen LogP) is 4.36. The highest BCUT2D eigenvalue weighted by Crippen LogP contribution is 2.33. The Morgan fingerprint density at radius 2 is 1.77 bits per heavy atom. The smallest absolute Gasteiger partial charge is 0.384 e. The molecule has 0 amide bonds. The molecule has 1 aromatic rings. The first kappa shape index (κ1) is 19.2. The third kappa shape index (κ3) is 5.73. The average molecular weight is 343 g/mol. The van der Waals surface area contributed by atoms with E-state index in [2.05, 4.69) is 4.72 Å². The van der Waals surface area contributed by atoms with E-state index in [0.29, 0.717) is 0 Å². The number of aliphatic hydroxyl groups is 1. The molecule has 0 radical (unpaired) electrons. The lowest BCUT2D eigenvalue weighted by molar-refractivity contribution is -0.206. The van der Waals surface area contributed by atoms with Crippen LogP contribution in [0.2, 0.25) is 0 Å². The number of halogens is 5. The van der Waals surface area contributed by atoms with Gasteiger partial charge in [-0.05, 0) is 26.8 Å². The summed E-state index contributed by atoms with van der Waals surface area (Å²) >= 11 is 1.09. The van der Waals surface area contributed by atoms with E-state index in [1.165, 1.54) is 12.1 Å². The minimum absolute atomic E-state index is 0.250. The molecule has 0 aliphatic rings. The van der Waals surface area contributed by atoms with Gasteiger partial charge in [-0.15, -0.1) is 0 Å². The Labute approximate surface area is 130 Å². The standard InChI is InChI=1S/C14H18F5NOS/c1-13(2,3)22-20-10(7-11(21)14(17,18)19)8-5-4-6-9(15)12(8)16/h4-6,10-11,20-21H,7H2,1-3H3. The third-order valence-corrected chi connectivity index (χ3v) is 3.72. The van der Waals surface area contributed by atoms with E-state index in [0.717, 1.165) is 18.0 Å². The lowest BCUT2D eigenvalue weighted by Gasteiger charge is -2.27. The highest BCUT2D eigenvalue weighted by molar-refractivity contribution is 7.98. The topological polar surface area (TPSA) is 32.3 Å². The van der Waals surface area contributed by atoms with Crippen molar-refractivity contribution in [2.45, 2.75) is 50.3 Å². The monoisotopic (exact) mass is 343 g/mol. The molecule has 1 rings (SSSR count). The van der Waals surface area contributed by atoms with Crippen LogP contribution in [0.3, 0.4) is 0 Å². The zero-order valence-corrected chi connectivity index (χ0v) is 13.2. The number of alkyl halides is 3. The fraction of sp³-hybridized carbons (Fsp3) is 0.571. The first-order valence-corrected chi connectivity index (χ1v) is 7.35. The molecule has 1 aromatic carbocycles. The van der Waals surface area contributed by atoms with Gasteiger partial charge in [0, 0.05) is 22.8 Å². The van der Waals surface area contributed by atoms with Crippen molar-refractivity contribution < 1.29 is 27.1 Å². The maximum absolute atomic E-state index is 13.8. The van der Waals surface area contributed by atoms with Crippen molar-refractivity contribution in [3.05, 3.63) is 35.4 Å². The van der Waals surface area contributed by atoms with Crippen molar-refractivity contribution in [1.82, 2.24) is 4.72 Å². The van der Waals surface area contributed by atoms with Gasteiger partial charge in [0.2, 0.25) is 0 Å². The SMILES string of the molecule is CC(C)(C)SNC(CC(O)C(F)(F)F)c1cccc(F)c1F. The summed E-state index contributed by atoms with van der Waals surface area (Å²) in [5.74, 6) is -2.37. The normalized spacial score (nSPS) is 15.7. The quantitative estimate of drug-likeness (QED) is 0.616. The second kappa shape index (κ2) is 7.14. The van der Waals surface area contributed by atoms with Gasteiger partial charge in [-0.25, -0.2) is 8.78 Å². The van der Waals surface area contributed by atoms with Gasteiger partial charge in [0.05, 0.1) is 0 Å². The molecule has 2 N–H and O–H groups in total. The Kier molecular flexibility index (Phi) is 6.23. The summed E-state index contributed by atoms with van der Waals surface area (Å²) in [6, 6.07) is 2.11. The van der Waals surface area contributed by atoms with Crippen LogP contribution >= 0.6 is 11.9 Å². The van der Waals surface area contributed by atoms with Gasteiger partial charge >= 0.3 is 6.18 Å². The Bertz CT molecular complexity index is 501. The molecule has 2 unspecified atom stereocenters. The fourth-order valence-electron chi connectivity index (χ4n) is 1.63. The number of hydrogen-bond donors (Lipinski definition) is 2. The molecule has 0 saturated carbocycles. The fourth-order valence-corrected chi connectivity index (χ4v) is 2.35. The van der Waals surface area contributed by atoms with E-state index in [9.17, 15) is 27.1 Å². The number of aliphatic hydroxyl groups excluding tert-OH is 1. The maximum atomic E-state index is 13.8. The number of rotatable bonds is 5. The van der Waals surface area contributed by atoms with Crippen LogP contribution in [-0.2, 0) is 0 Å². The van der Waals surface area contributed by atoms with Gasteiger partial charge in [-0.1, -0.05) is 24.1 Å². The molecule has 0 spiro atoms. The summed E-state index contributed by atoms with van der Waals surface area (Å²) in [6.07, 6.45) is -8.27. The van der Waals surface area contributed by atoms with Crippen LogP contribution < -0.4 is 4.72 Å². The summed E-state index contributed by atoms with van der Waals surface area (Å²) in [4.78, 5) is 0. The van der Waals surface area contributed by atoms with Crippen LogP contribution in [0.1, 0.15) is 38.8 Å². The maximum Gasteiger partial charge on any atom is 0.414 e. The minimum atomic E-state index is -4.82. The largest absolute Gasteiger partial charge is 0.414 e. The molecule has 0 saturated heterocycles. The van der Waals surface area contributed by atoms with Crippen molar-refractivity contribution in [3.8, 4) is 0 Å². The van der Waals surface area contributed by atoms with Crippen LogP contribution in [0.25, 0.3) is 0 Å². The van der Waals surface area contributed by atoms with E-state index in [4.69, 9.17) is 0 Å². The Balaban J connectivity index is 3.03. The molecule has 2 atom stereocenters. The van der Waals surface area contributed by atoms with Crippen LogP contribution in [0.4, 0.5) is 22.0 Å². The Morgan fingerprint density at radius 1 is 1.18 bits per heavy atom. The van der Waals surface area contributed by atoms with Gasteiger partial charge in [-0.2, -0.15) is 13.2 Å². The summed E-state index contributed by atoms with van der Waals surface area (Å²) in [5.41, 5.74) is -0.250. The highest BCUT2D eigenvalue weighted by Gasteiger charge is 2.40. The Hall–Kier alpha value is -0.860. The zero-order valence-electron chi connectivity index (χ0n) is 12.3. The molecule has 8 heteroatoms. The third-order valence-electron chi connectivity index (χ3n) is 2.70. The van der Waals surface area contributed by atoms with Crippen molar-refractivity contribution in [2.75, 3.05) is 0 Å². The molecule has 0 fully saturated rings. The molecule has 0 aliphatic heterocycles. The molecule has 22 heavy (non-hydrogen) atoms. The Morgan fingerprint density at radius 3 is 2.27 bits per heavy atom. The second-order valence-electron chi connectivity index (χ2n) is 5.82. The summed E-state index contributed by atoms with van der Waals surface area (Å²) < 4.78 is 67.0. The zero-order chi connectivity index (χ0) is 17.1. The number of hydrogen-bond acceptors (Lipinski definition) is 3. The summed E-state index contributed by atoms with van der Waals surface area (Å²) in [5, 5.41) is 9.22. The van der Waals surface area contributed by atoms with E-state index in [1.54, 1.807) is 0 Å². The van der Waals surface area contributed by atoms with Gasteiger partial charge in [-0.3, -0.25) is 4.72 Å². The molecule has 0 aliphatic carbocycles. The van der Waals surface area contributed by atoms with Gasteiger partial charge in [0.1, 0.15) is 0 Å². The lowest BCUT2D eigenvalue weighted by atomic mass is 10.0. The van der Waals surface area contributed by atoms with Crippen LogP contribution in [0.5, 0.6) is 0 Å². The van der Waals surface area contributed by atoms with E-state index < -0.39 is 36.4 Å². The van der Waals surface area contributed by atoms with Crippen LogP contribution in [0, 0.1) is 11.6 Å². The summed E-state index contributed by atoms with van der Waals surface area (Å²) in [7, 11) is 0.